The molecule has 178 valence electrons. The van der Waals surface area contributed by atoms with Crippen LogP contribution in [0.2, 0.25) is 10.0 Å². The molecule has 0 amide bonds. The Balaban J connectivity index is 1.67. The Bertz CT molecular complexity index is 1610. The van der Waals surface area contributed by atoms with E-state index in [9.17, 15) is 23.6 Å². The number of ether oxygens (including phenoxy) is 1. The molecule has 4 rings (SSSR count). The molecule has 0 aliphatic rings. The highest BCUT2D eigenvalue weighted by atomic mass is 35.5. The lowest BCUT2D eigenvalue weighted by Crippen LogP contribution is -2.35. The van der Waals surface area contributed by atoms with Gasteiger partial charge in [-0.05, 0) is 35.9 Å². The maximum atomic E-state index is 13.1. The third-order valence-electron chi connectivity index (χ3n) is 4.70. The van der Waals surface area contributed by atoms with Crippen molar-refractivity contribution in [2.45, 2.75) is 6.54 Å². The second kappa shape index (κ2) is 9.57. The van der Waals surface area contributed by atoms with Gasteiger partial charge in [0.15, 0.2) is 5.75 Å². The number of H-pyrrole nitrogens is 1. The lowest BCUT2D eigenvalue weighted by atomic mass is 10.2. The van der Waals surface area contributed by atoms with Gasteiger partial charge in [-0.1, -0.05) is 35.3 Å². The molecule has 4 aromatic rings. The van der Waals surface area contributed by atoms with E-state index in [2.05, 4.69) is 5.10 Å². The van der Waals surface area contributed by atoms with Crippen molar-refractivity contribution in [2.75, 3.05) is 0 Å². The van der Waals surface area contributed by atoms with E-state index >= 15 is 0 Å². The van der Waals surface area contributed by atoms with Gasteiger partial charge in [0.1, 0.15) is 11.6 Å². The molecule has 35 heavy (non-hydrogen) atoms. The number of nitrogens with zero attached hydrogens (tertiary/aromatic N) is 3. The van der Waals surface area contributed by atoms with E-state index in [1.807, 2.05) is 4.98 Å². The van der Waals surface area contributed by atoms with Crippen molar-refractivity contribution < 1.29 is 19.0 Å². The average molecular weight is 519 g/mol. The molecule has 0 saturated heterocycles. The van der Waals surface area contributed by atoms with Gasteiger partial charge >= 0.3 is 11.7 Å². The molecule has 0 aliphatic carbocycles. The molecule has 0 radical (unpaired) electrons. The summed E-state index contributed by atoms with van der Waals surface area (Å²) in [4.78, 5) is 49.0. The molecular weight excluding hydrogens is 506 g/mol. The minimum Gasteiger partial charge on any atom is -0.476 e. The Labute approximate surface area is 204 Å². The highest BCUT2D eigenvalue weighted by Crippen LogP contribution is 2.37. The van der Waals surface area contributed by atoms with Crippen LogP contribution < -0.4 is 21.5 Å². The van der Waals surface area contributed by atoms with Crippen molar-refractivity contribution in [3.63, 3.8) is 0 Å². The Morgan fingerprint density at radius 1 is 1.06 bits per heavy atom. The number of halogens is 3. The van der Waals surface area contributed by atoms with Crippen LogP contribution in [0.3, 0.4) is 0 Å². The van der Waals surface area contributed by atoms with Crippen LogP contribution in [0.5, 0.6) is 11.5 Å². The molecule has 0 spiro atoms. The predicted octanol–water partition coefficient (Wildman–Crippen LogP) is 3.07. The molecule has 0 atom stereocenters. The van der Waals surface area contributed by atoms with Crippen molar-refractivity contribution >= 4 is 29.2 Å². The third-order valence-corrected chi connectivity index (χ3v) is 5.26. The zero-order chi connectivity index (χ0) is 25.3. The number of rotatable bonds is 6. The second-order valence-corrected chi connectivity index (χ2v) is 7.94. The number of carbonyl (C=O) groups is 1. The molecule has 2 N–H and O–H groups in total. The number of aromatic amines is 1. The van der Waals surface area contributed by atoms with E-state index < -0.39 is 28.7 Å². The van der Waals surface area contributed by atoms with E-state index in [0.29, 0.717) is 10.2 Å². The summed E-state index contributed by atoms with van der Waals surface area (Å²) in [5.41, 5.74) is -2.74. The number of nitrogens with one attached hydrogen (secondary N) is 1. The zero-order valence-corrected chi connectivity index (χ0v) is 18.9. The van der Waals surface area contributed by atoms with Crippen molar-refractivity contribution in [1.82, 2.24) is 19.3 Å². The topological polar surface area (TPSA) is 136 Å². The average Bonchev–Trinajstić information content (AvgIpc) is 2.79. The van der Waals surface area contributed by atoms with Gasteiger partial charge in [-0.15, -0.1) is 0 Å². The molecule has 13 heteroatoms. The SMILES string of the molecule is O=C(O)c1nn(-c2cc(Cl)c(Oc3ccc(=O)n(Cc4ccc(F)cc4)c3)c(Cl)c2)c(=O)[nH]c1=O. The quantitative estimate of drug-likeness (QED) is 0.400. The number of pyridine rings is 1. The third kappa shape index (κ3) is 5.15. The fourth-order valence-electron chi connectivity index (χ4n) is 3.08. The summed E-state index contributed by atoms with van der Waals surface area (Å²) < 4.78 is 20.9. The molecule has 0 aliphatic heterocycles. The van der Waals surface area contributed by atoms with Crippen molar-refractivity contribution in [1.29, 1.82) is 0 Å². The first-order valence-corrected chi connectivity index (χ1v) is 10.5. The number of aromatic carboxylic acids is 1. The normalized spacial score (nSPS) is 10.8. The summed E-state index contributed by atoms with van der Waals surface area (Å²) >= 11 is 12.6. The standard InChI is InChI=1S/C22H13Cl2FN4O6/c23-15-7-13(29-22(34)26-20(31)18(27-29)21(32)33)8-16(24)19(15)35-14-5-6-17(30)28(10-14)9-11-1-3-12(25)4-2-11/h1-8,10H,9H2,(H,32,33)(H,26,31,34). The summed E-state index contributed by atoms with van der Waals surface area (Å²) in [6.45, 7) is 0.156. The maximum Gasteiger partial charge on any atom is 0.362 e. The van der Waals surface area contributed by atoms with Crippen LogP contribution in [0.25, 0.3) is 5.69 Å². The van der Waals surface area contributed by atoms with Gasteiger partial charge < -0.3 is 14.4 Å². The predicted molar refractivity (Wildman–Crippen MR) is 124 cm³/mol. The molecule has 2 aromatic carbocycles. The van der Waals surface area contributed by atoms with Crippen molar-refractivity contribution in [3.05, 3.63) is 113 Å². The van der Waals surface area contributed by atoms with Crippen LogP contribution in [-0.4, -0.2) is 30.4 Å². The van der Waals surface area contributed by atoms with Gasteiger partial charge in [-0.2, -0.15) is 9.78 Å². The van der Waals surface area contributed by atoms with E-state index in [1.165, 1.54) is 47.2 Å². The number of hydrogen-bond acceptors (Lipinski definition) is 6. The van der Waals surface area contributed by atoms with Crippen LogP contribution in [0.4, 0.5) is 4.39 Å². The van der Waals surface area contributed by atoms with E-state index in [4.69, 9.17) is 33.0 Å². The molecule has 2 heterocycles. The van der Waals surface area contributed by atoms with Crippen LogP contribution in [0.15, 0.2) is 69.1 Å². The lowest BCUT2D eigenvalue weighted by Gasteiger charge is -2.13. The van der Waals surface area contributed by atoms with Crippen molar-refractivity contribution in [3.8, 4) is 17.2 Å². The highest BCUT2D eigenvalue weighted by Gasteiger charge is 2.18. The van der Waals surface area contributed by atoms with Crippen molar-refractivity contribution in [2.24, 2.45) is 0 Å². The smallest absolute Gasteiger partial charge is 0.362 e. The van der Waals surface area contributed by atoms with Gasteiger partial charge in [0.05, 0.1) is 28.5 Å². The first-order valence-electron chi connectivity index (χ1n) is 9.71. The Morgan fingerprint density at radius 3 is 2.34 bits per heavy atom. The lowest BCUT2D eigenvalue weighted by molar-refractivity contribution is 0.0685. The summed E-state index contributed by atoms with van der Waals surface area (Å²) in [6.07, 6.45) is 1.42. The van der Waals surface area contributed by atoms with E-state index in [1.54, 1.807) is 12.1 Å². The van der Waals surface area contributed by atoms with E-state index in [0.717, 1.165) is 0 Å². The van der Waals surface area contributed by atoms with Gasteiger partial charge in [0, 0.05) is 6.07 Å². The number of carboxylic acid groups (broad SMARTS) is 1. The second-order valence-electron chi connectivity index (χ2n) is 7.12. The van der Waals surface area contributed by atoms with Crippen LogP contribution in [0.1, 0.15) is 16.1 Å². The number of carboxylic acids is 1. The first kappa shape index (κ1) is 23.9. The Morgan fingerprint density at radius 2 is 1.71 bits per heavy atom. The van der Waals surface area contributed by atoms with E-state index in [-0.39, 0.29) is 39.3 Å². The maximum absolute atomic E-state index is 13.1. The summed E-state index contributed by atoms with van der Waals surface area (Å²) in [5, 5.41) is 12.5. The molecule has 0 bridgehead atoms. The highest BCUT2D eigenvalue weighted by molar-refractivity contribution is 6.37. The number of aromatic nitrogens is 4. The van der Waals surface area contributed by atoms with Gasteiger partial charge in [-0.3, -0.25) is 14.6 Å². The van der Waals surface area contributed by atoms with Gasteiger partial charge in [0.25, 0.3) is 11.1 Å². The number of benzene rings is 2. The Hall–Kier alpha value is -4.22. The summed E-state index contributed by atoms with van der Waals surface area (Å²) in [6, 6.07) is 10.8. The van der Waals surface area contributed by atoms with Gasteiger partial charge in [-0.25, -0.2) is 14.0 Å². The van der Waals surface area contributed by atoms with Gasteiger partial charge in [0.2, 0.25) is 5.69 Å². The largest absolute Gasteiger partial charge is 0.476 e. The minimum atomic E-state index is -1.63. The Kier molecular flexibility index (Phi) is 6.54. The van der Waals surface area contributed by atoms with Crippen LogP contribution in [-0.2, 0) is 6.54 Å². The minimum absolute atomic E-state index is 0.0139. The summed E-state index contributed by atoms with van der Waals surface area (Å²) in [7, 11) is 0. The molecule has 0 unspecified atom stereocenters. The molecule has 10 nitrogen and oxygen atoms in total. The molecular formula is C22H13Cl2FN4O6. The molecule has 0 saturated carbocycles. The van der Waals surface area contributed by atoms with Crippen LogP contribution in [0, 0.1) is 5.82 Å². The summed E-state index contributed by atoms with van der Waals surface area (Å²) in [5.74, 6) is -1.84. The van der Waals surface area contributed by atoms with Crippen LogP contribution >= 0.6 is 23.2 Å². The molecule has 2 aromatic heterocycles. The zero-order valence-electron chi connectivity index (χ0n) is 17.4. The molecule has 0 fully saturated rings. The monoisotopic (exact) mass is 518 g/mol. The number of hydrogen-bond donors (Lipinski definition) is 2. The first-order chi connectivity index (χ1) is 16.6. The fraction of sp³-hybridized carbons (Fsp3) is 0.0455. The fourth-order valence-corrected chi connectivity index (χ4v) is 3.63.